The normalized spacial score (nSPS) is 11.4. The maximum Gasteiger partial charge on any atom is 0.113 e. The molecule has 0 aliphatic carbocycles. The number of nitrogens with two attached hydrogens (primary N) is 1. The van der Waals surface area contributed by atoms with Crippen LogP contribution in [0.2, 0.25) is 0 Å². The number of fused-ring (bicyclic) bond motifs is 1. The van der Waals surface area contributed by atoms with E-state index in [0.29, 0.717) is 12.6 Å². The summed E-state index contributed by atoms with van der Waals surface area (Å²) in [6, 6.07) is 4.28. The molecule has 2 aromatic heterocycles. The Bertz CT molecular complexity index is 444. The van der Waals surface area contributed by atoms with Crippen molar-refractivity contribution >= 4 is 11.0 Å². The molecular weight excluding hydrogens is 176 g/mol. The number of nitrogens with zero attached hydrogens (tertiary/aromatic N) is 3. The minimum atomic E-state index is 0.335. The molecule has 0 aliphatic rings. The van der Waals surface area contributed by atoms with E-state index in [4.69, 9.17) is 5.73 Å². The molecule has 0 aliphatic heterocycles. The van der Waals surface area contributed by atoms with E-state index in [1.54, 1.807) is 6.20 Å². The molecule has 0 saturated heterocycles. The van der Waals surface area contributed by atoms with Crippen LogP contribution in [0.4, 0.5) is 0 Å². The van der Waals surface area contributed by atoms with Gasteiger partial charge in [-0.1, -0.05) is 0 Å². The molecular formula is C10H14N4. The Hall–Kier alpha value is -1.42. The average molecular weight is 190 g/mol. The van der Waals surface area contributed by atoms with Crippen LogP contribution in [0, 0.1) is 0 Å². The van der Waals surface area contributed by atoms with Crippen LogP contribution in [0.5, 0.6) is 0 Å². The van der Waals surface area contributed by atoms with Gasteiger partial charge in [0.1, 0.15) is 11.2 Å². The number of hydrogen-bond donors (Lipinski definition) is 1. The molecule has 0 fully saturated rings. The monoisotopic (exact) mass is 190 g/mol. The summed E-state index contributed by atoms with van der Waals surface area (Å²) >= 11 is 0. The second-order valence-electron chi connectivity index (χ2n) is 3.56. The first-order valence-electron chi connectivity index (χ1n) is 4.76. The molecule has 0 radical (unpaired) electrons. The summed E-state index contributed by atoms with van der Waals surface area (Å²) in [5, 5.41) is 4.44. The first kappa shape index (κ1) is 9.15. The van der Waals surface area contributed by atoms with E-state index in [-0.39, 0.29) is 0 Å². The summed E-state index contributed by atoms with van der Waals surface area (Å²) in [4.78, 5) is 4.29. The van der Waals surface area contributed by atoms with Crippen LogP contribution in [0.25, 0.3) is 11.0 Å². The van der Waals surface area contributed by atoms with E-state index in [2.05, 4.69) is 23.9 Å². The maximum absolute atomic E-state index is 5.61. The van der Waals surface area contributed by atoms with Gasteiger partial charge in [-0.3, -0.25) is 9.67 Å². The Kier molecular flexibility index (Phi) is 2.21. The molecule has 14 heavy (non-hydrogen) atoms. The molecule has 0 amide bonds. The Labute approximate surface area is 82.7 Å². The molecule has 0 spiro atoms. The fourth-order valence-corrected chi connectivity index (χ4v) is 1.57. The van der Waals surface area contributed by atoms with Crippen LogP contribution in [-0.2, 0) is 6.54 Å². The summed E-state index contributed by atoms with van der Waals surface area (Å²) in [5.74, 6) is 0. The predicted octanol–water partition coefficient (Wildman–Crippen LogP) is 1.47. The largest absolute Gasteiger partial charge is 0.325 e. The van der Waals surface area contributed by atoms with Crippen molar-refractivity contribution in [3.05, 3.63) is 24.0 Å². The van der Waals surface area contributed by atoms with Gasteiger partial charge in [-0.15, -0.1) is 0 Å². The lowest BCUT2D eigenvalue weighted by Crippen LogP contribution is -2.04. The predicted molar refractivity (Wildman–Crippen MR) is 55.8 cm³/mol. The van der Waals surface area contributed by atoms with E-state index < -0.39 is 0 Å². The van der Waals surface area contributed by atoms with Gasteiger partial charge in [-0.05, 0) is 26.0 Å². The summed E-state index contributed by atoms with van der Waals surface area (Å²) in [6.07, 6.45) is 1.77. The van der Waals surface area contributed by atoms with Crippen molar-refractivity contribution in [3.63, 3.8) is 0 Å². The number of aromatic nitrogens is 3. The molecule has 0 unspecified atom stereocenters. The molecule has 2 rings (SSSR count). The van der Waals surface area contributed by atoms with Crippen molar-refractivity contribution in [1.82, 2.24) is 14.8 Å². The second-order valence-corrected chi connectivity index (χ2v) is 3.56. The second kappa shape index (κ2) is 3.38. The zero-order chi connectivity index (χ0) is 10.1. The molecule has 0 aromatic carbocycles. The van der Waals surface area contributed by atoms with E-state index >= 15 is 0 Å². The third-order valence-corrected chi connectivity index (χ3v) is 2.22. The highest BCUT2D eigenvalue weighted by Gasteiger charge is 2.11. The van der Waals surface area contributed by atoms with Crippen molar-refractivity contribution in [2.24, 2.45) is 5.73 Å². The molecule has 0 saturated carbocycles. The summed E-state index contributed by atoms with van der Waals surface area (Å²) < 4.78 is 1.96. The molecule has 4 nitrogen and oxygen atoms in total. The molecule has 0 bridgehead atoms. The van der Waals surface area contributed by atoms with Crippen molar-refractivity contribution < 1.29 is 0 Å². The first-order valence-corrected chi connectivity index (χ1v) is 4.76. The number of rotatable bonds is 2. The highest BCUT2D eigenvalue weighted by atomic mass is 15.3. The van der Waals surface area contributed by atoms with E-state index in [1.165, 1.54) is 0 Å². The van der Waals surface area contributed by atoms with E-state index in [9.17, 15) is 0 Å². The maximum atomic E-state index is 5.61. The Morgan fingerprint density at radius 1 is 1.50 bits per heavy atom. The van der Waals surface area contributed by atoms with Crippen LogP contribution in [-0.4, -0.2) is 14.8 Å². The van der Waals surface area contributed by atoms with Crippen molar-refractivity contribution in [1.29, 1.82) is 0 Å². The van der Waals surface area contributed by atoms with Crippen molar-refractivity contribution in [2.75, 3.05) is 0 Å². The van der Waals surface area contributed by atoms with Gasteiger partial charge in [0.25, 0.3) is 0 Å². The van der Waals surface area contributed by atoms with Crippen LogP contribution in [0.3, 0.4) is 0 Å². The fourth-order valence-electron chi connectivity index (χ4n) is 1.57. The molecule has 74 valence electrons. The summed E-state index contributed by atoms with van der Waals surface area (Å²) in [6.45, 7) is 4.63. The quantitative estimate of drug-likeness (QED) is 0.780. The van der Waals surface area contributed by atoms with Crippen molar-refractivity contribution in [3.8, 4) is 0 Å². The Morgan fingerprint density at radius 2 is 2.29 bits per heavy atom. The standard InChI is InChI=1S/C10H14N4/c1-7(2)14-9-4-3-5-12-10(9)8(6-11)13-14/h3-5,7H,6,11H2,1-2H3. The van der Waals surface area contributed by atoms with Crippen molar-refractivity contribution in [2.45, 2.75) is 26.4 Å². The lowest BCUT2D eigenvalue weighted by Gasteiger charge is -2.05. The van der Waals surface area contributed by atoms with Gasteiger partial charge in [-0.2, -0.15) is 5.10 Å². The van der Waals surface area contributed by atoms with Crippen LogP contribution in [0.15, 0.2) is 18.3 Å². The highest BCUT2D eigenvalue weighted by molar-refractivity contribution is 5.77. The smallest absolute Gasteiger partial charge is 0.113 e. The molecule has 0 atom stereocenters. The third kappa shape index (κ3) is 1.28. The first-order chi connectivity index (χ1) is 6.74. The zero-order valence-corrected chi connectivity index (χ0v) is 8.44. The van der Waals surface area contributed by atoms with Crippen LogP contribution in [0.1, 0.15) is 25.6 Å². The zero-order valence-electron chi connectivity index (χ0n) is 8.44. The van der Waals surface area contributed by atoms with Gasteiger partial charge in [0, 0.05) is 18.8 Å². The SMILES string of the molecule is CC(C)n1nc(CN)c2ncccc21. The Balaban J connectivity index is 2.73. The van der Waals surface area contributed by atoms with Gasteiger partial charge >= 0.3 is 0 Å². The van der Waals surface area contributed by atoms with Gasteiger partial charge in [0.2, 0.25) is 0 Å². The number of pyridine rings is 1. The fraction of sp³-hybridized carbons (Fsp3) is 0.400. The summed E-state index contributed by atoms with van der Waals surface area (Å²) in [5.41, 5.74) is 8.46. The molecule has 2 aromatic rings. The van der Waals surface area contributed by atoms with Crippen LogP contribution >= 0.6 is 0 Å². The number of hydrogen-bond acceptors (Lipinski definition) is 3. The minimum Gasteiger partial charge on any atom is -0.325 e. The molecule has 4 heteroatoms. The lowest BCUT2D eigenvalue weighted by atomic mass is 10.3. The third-order valence-electron chi connectivity index (χ3n) is 2.22. The molecule has 2 N–H and O–H groups in total. The summed E-state index contributed by atoms with van der Waals surface area (Å²) in [7, 11) is 0. The highest BCUT2D eigenvalue weighted by Crippen LogP contribution is 2.18. The average Bonchev–Trinajstić information content (AvgIpc) is 2.56. The molecule has 2 heterocycles. The van der Waals surface area contributed by atoms with Gasteiger partial charge < -0.3 is 5.73 Å². The van der Waals surface area contributed by atoms with Crippen LogP contribution < -0.4 is 5.73 Å². The van der Waals surface area contributed by atoms with Gasteiger partial charge in [-0.25, -0.2) is 0 Å². The van der Waals surface area contributed by atoms with E-state index in [0.717, 1.165) is 16.7 Å². The van der Waals surface area contributed by atoms with Gasteiger partial charge in [0.15, 0.2) is 0 Å². The van der Waals surface area contributed by atoms with Gasteiger partial charge in [0.05, 0.1) is 5.52 Å². The topological polar surface area (TPSA) is 56.7 Å². The minimum absolute atomic E-state index is 0.335. The Morgan fingerprint density at radius 3 is 2.93 bits per heavy atom. The lowest BCUT2D eigenvalue weighted by molar-refractivity contribution is 0.544. The van der Waals surface area contributed by atoms with E-state index in [1.807, 2.05) is 16.8 Å².